The largest absolute Gasteiger partial charge is 0.497 e. The van der Waals surface area contributed by atoms with Gasteiger partial charge in [-0.05, 0) is 42.5 Å². The first-order valence-corrected chi connectivity index (χ1v) is 10.5. The van der Waals surface area contributed by atoms with E-state index in [1.165, 1.54) is 12.1 Å². The van der Waals surface area contributed by atoms with E-state index in [0.29, 0.717) is 43.6 Å². The number of hydrogen-bond donors (Lipinski definition) is 2. The van der Waals surface area contributed by atoms with Gasteiger partial charge in [-0.2, -0.15) is 18.2 Å². The standard InChI is InChI=1S/C23H23F3N6O2/c1-34-19-4-2-3-18(15-19)28-20-9-10-27-21(30-20)31-11-13-32(14-12-31)22(33)29-17-7-5-16(6-8-17)23(24,25)26/h2-10,15H,11-14H2,1H3,(H,29,33)(H,27,28,30). The Labute approximate surface area is 194 Å². The van der Waals surface area contributed by atoms with Crippen molar-refractivity contribution in [3.8, 4) is 5.75 Å². The van der Waals surface area contributed by atoms with Crippen molar-refractivity contribution in [2.24, 2.45) is 0 Å². The van der Waals surface area contributed by atoms with Crippen molar-refractivity contribution in [1.82, 2.24) is 14.9 Å². The number of benzene rings is 2. The number of nitrogens with one attached hydrogen (secondary N) is 2. The van der Waals surface area contributed by atoms with Crippen LogP contribution >= 0.6 is 0 Å². The van der Waals surface area contributed by atoms with Crippen molar-refractivity contribution in [2.45, 2.75) is 6.18 Å². The highest BCUT2D eigenvalue weighted by molar-refractivity contribution is 5.89. The molecule has 4 rings (SSSR count). The van der Waals surface area contributed by atoms with Gasteiger partial charge < -0.3 is 25.2 Å². The Kier molecular flexibility index (Phi) is 6.71. The number of carbonyl (C=O) groups is 1. The van der Waals surface area contributed by atoms with Crippen LogP contribution in [0.2, 0.25) is 0 Å². The number of urea groups is 1. The van der Waals surface area contributed by atoms with Gasteiger partial charge in [0.2, 0.25) is 5.95 Å². The summed E-state index contributed by atoms with van der Waals surface area (Å²) in [6, 6.07) is 13.2. The van der Waals surface area contributed by atoms with E-state index in [1.54, 1.807) is 24.3 Å². The Morgan fingerprint density at radius 1 is 1.00 bits per heavy atom. The number of rotatable bonds is 5. The molecule has 0 radical (unpaired) electrons. The summed E-state index contributed by atoms with van der Waals surface area (Å²) in [5.74, 6) is 1.89. The number of methoxy groups -OCH3 is 1. The normalized spacial score (nSPS) is 14.0. The number of aromatic nitrogens is 2. The number of ether oxygens (including phenoxy) is 1. The Morgan fingerprint density at radius 3 is 2.41 bits per heavy atom. The van der Waals surface area contributed by atoms with Gasteiger partial charge >= 0.3 is 12.2 Å². The molecule has 3 aromatic rings. The minimum atomic E-state index is -4.41. The molecular weight excluding hydrogens is 449 g/mol. The molecule has 0 unspecified atom stereocenters. The van der Waals surface area contributed by atoms with Crippen molar-refractivity contribution in [2.75, 3.05) is 48.8 Å². The minimum absolute atomic E-state index is 0.306. The predicted molar refractivity (Wildman–Crippen MR) is 123 cm³/mol. The minimum Gasteiger partial charge on any atom is -0.497 e. The van der Waals surface area contributed by atoms with E-state index in [9.17, 15) is 18.0 Å². The average molecular weight is 472 g/mol. The molecule has 0 spiro atoms. The van der Waals surface area contributed by atoms with Gasteiger partial charge in [-0.1, -0.05) is 6.07 Å². The van der Waals surface area contributed by atoms with E-state index in [2.05, 4.69) is 20.6 Å². The SMILES string of the molecule is COc1cccc(Nc2ccnc(N3CCN(C(=O)Nc4ccc(C(F)(F)F)cc4)CC3)n2)c1. The van der Waals surface area contributed by atoms with Gasteiger partial charge in [-0.3, -0.25) is 0 Å². The zero-order chi connectivity index (χ0) is 24.1. The summed E-state index contributed by atoms with van der Waals surface area (Å²) >= 11 is 0. The quantitative estimate of drug-likeness (QED) is 0.565. The molecule has 1 saturated heterocycles. The van der Waals surface area contributed by atoms with Crippen molar-refractivity contribution in [1.29, 1.82) is 0 Å². The molecule has 2 aromatic carbocycles. The fraction of sp³-hybridized carbons (Fsp3) is 0.261. The molecule has 1 aromatic heterocycles. The number of amides is 2. The van der Waals surface area contributed by atoms with Crippen LogP contribution in [0, 0.1) is 0 Å². The molecule has 11 heteroatoms. The van der Waals surface area contributed by atoms with Gasteiger partial charge in [0.15, 0.2) is 0 Å². The third-order valence-corrected chi connectivity index (χ3v) is 5.30. The van der Waals surface area contributed by atoms with Crippen LogP contribution in [0.25, 0.3) is 0 Å². The molecule has 34 heavy (non-hydrogen) atoms. The number of nitrogens with zero attached hydrogens (tertiary/aromatic N) is 4. The number of anilines is 4. The molecule has 8 nitrogen and oxygen atoms in total. The van der Waals surface area contributed by atoms with E-state index in [1.807, 2.05) is 29.2 Å². The van der Waals surface area contributed by atoms with Crippen LogP contribution in [0.15, 0.2) is 60.8 Å². The first kappa shape index (κ1) is 23.1. The van der Waals surface area contributed by atoms with Gasteiger partial charge in [0, 0.05) is 49.8 Å². The van der Waals surface area contributed by atoms with Gasteiger partial charge in [0.25, 0.3) is 0 Å². The van der Waals surface area contributed by atoms with E-state index < -0.39 is 11.7 Å². The Hall–Kier alpha value is -4.02. The van der Waals surface area contributed by atoms with Gasteiger partial charge in [-0.25, -0.2) is 9.78 Å². The second-order valence-corrected chi connectivity index (χ2v) is 7.58. The van der Waals surface area contributed by atoms with E-state index in [0.717, 1.165) is 23.6 Å². The molecule has 2 N–H and O–H groups in total. The Balaban J connectivity index is 1.32. The first-order valence-electron chi connectivity index (χ1n) is 10.5. The molecule has 0 aliphatic carbocycles. The summed E-state index contributed by atoms with van der Waals surface area (Å²) < 4.78 is 43.3. The molecule has 1 aliphatic rings. The van der Waals surface area contributed by atoms with Crippen LogP contribution in [0.5, 0.6) is 5.75 Å². The van der Waals surface area contributed by atoms with Crippen LogP contribution in [-0.2, 0) is 6.18 Å². The zero-order valence-electron chi connectivity index (χ0n) is 18.3. The topological polar surface area (TPSA) is 82.6 Å². The van der Waals surface area contributed by atoms with Crippen molar-refractivity contribution in [3.05, 3.63) is 66.4 Å². The highest BCUT2D eigenvalue weighted by Crippen LogP contribution is 2.30. The Morgan fingerprint density at radius 2 is 1.74 bits per heavy atom. The van der Waals surface area contributed by atoms with Crippen molar-refractivity contribution in [3.63, 3.8) is 0 Å². The Bertz CT molecular complexity index is 1130. The van der Waals surface area contributed by atoms with Crippen LogP contribution < -0.4 is 20.3 Å². The molecule has 0 saturated carbocycles. The van der Waals surface area contributed by atoms with Gasteiger partial charge in [0.05, 0.1) is 12.7 Å². The third-order valence-electron chi connectivity index (χ3n) is 5.30. The second-order valence-electron chi connectivity index (χ2n) is 7.58. The summed E-state index contributed by atoms with van der Waals surface area (Å²) in [5.41, 5.74) is 0.371. The molecule has 0 atom stereocenters. The lowest BCUT2D eigenvalue weighted by Gasteiger charge is -2.34. The lowest BCUT2D eigenvalue weighted by atomic mass is 10.2. The number of piperazine rings is 1. The average Bonchev–Trinajstić information content (AvgIpc) is 2.84. The third kappa shape index (κ3) is 5.66. The predicted octanol–water partition coefficient (Wildman–Crippen LogP) is 4.60. The summed E-state index contributed by atoms with van der Waals surface area (Å²) in [7, 11) is 1.60. The van der Waals surface area contributed by atoms with E-state index in [-0.39, 0.29) is 6.03 Å². The maximum absolute atomic E-state index is 12.7. The maximum atomic E-state index is 12.7. The van der Waals surface area contributed by atoms with Gasteiger partial charge in [-0.15, -0.1) is 0 Å². The summed E-state index contributed by atoms with van der Waals surface area (Å²) in [6.07, 6.45) is -2.75. The molecule has 2 heterocycles. The second kappa shape index (κ2) is 9.86. The molecule has 2 amide bonds. The summed E-state index contributed by atoms with van der Waals surface area (Å²) in [4.78, 5) is 25.0. The maximum Gasteiger partial charge on any atom is 0.416 e. The molecule has 1 fully saturated rings. The van der Waals surface area contributed by atoms with Crippen LogP contribution in [0.3, 0.4) is 0 Å². The van der Waals surface area contributed by atoms with Crippen molar-refractivity contribution < 1.29 is 22.7 Å². The van der Waals surface area contributed by atoms with E-state index in [4.69, 9.17) is 4.74 Å². The smallest absolute Gasteiger partial charge is 0.416 e. The monoisotopic (exact) mass is 472 g/mol. The fourth-order valence-electron chi connectivity index (χ4n) is 3.47. The fourth-order valence-corrected chi connectivity index (χ4v) is 3.47. The molecule has 1 aliphatic heterocycles. The van der Waals surface area contributed by atoms with E-state index >= 15 is 0 Å². The summed E-state index contributed by atoms with van der Waals surface area (Å²) in [6.45, 7) is 1.87. The number of carbonyl (C=O) groups excluding carboxylic acids is 1. The lowest BCUT2D eigenvalue weighted by Crippen LogP contribution is -2.50. The highest BCUT2D eigenvalue weighted by Gasteiger charge is 2.30. The van der Waals surface area contributed by atoms with Crippen LogP contribution in [0.1, 0.15) is 5.56 Å². The zero-order valence-corrected chi connectivity index (χ0v) is 18.3. The number of alkyl halides is 3. The molecule has 0 bridgehead atoms. The lowest BCUT2D eigenvalue weighted by molar-refractivity contribution is -0.137. The summed E-state index contributed by atoms with van der Waals surface area (Å²) in [5, 5.41) is 5.86. The molecular formula is C23H23F3N6O2. The number of hydrogen-bond acceptors (Lipinski definition) is 6. The van der Waals surface area contributed by atoms with Gasteiger partial charge in [0.1, 0.15) is 11.6 Å². The van der Waals surface area contributed by atoms with Crippen LogP contribution in [0.4, 0.5) is 41.1 Å². The van der Waals surface area contributed by atoms with Crippen molar-refractivity contribution >= 4 is 29.2 Å². The highest BCUT2D eigenvalue weighted by atomic mass is 19.4. The first-order chi connectivity index (χ1) is 16.3. The van der Waals surface area contributed by atoms with Crippen LogP contribution in [-0.4, -0.2) is 54.2 Å². The molecule has 178 valence electrons. The number of halogens is 3.